The minimum atomic E-state index is -4.77. The van der Waals surface area contributed by atoms with E-state index in [9.17, 15) is 17.6 Å². The Labute approximate surface area is 84.6 Å². The summed E-state index contributed by atoms with van der Waals surface area (Å²) >= 11 is 7.84. The van der Waals surface area contributed by atoms with Gasteiger partial charge in [0.05, 0.1) is 9.50 Å². The van der Waals surface area contributed by atoms with Gasteiger partial charge in [-0.05, 0) is 28.1 Å². The molecule has 1 rings (SSSR count). The molecule has 0 heterocycles. The van der Waals surface area contributed by atoms with Crippen molar-refractivity contribution in [2.45, 2.75) is 6.18 Å². The summed E-state index contributed by atoms with van der Waals surface area (Å²) in [6.07, 6.45) is -4.77. The van der Waals surface area contributed by atoms with E-state index >= 15 is 0 Å². The highest BCUT2D eigenvalue weighted by Crippen LogP contribution is 2.38. The van der Waals surface area contributed by atoms with Crippen molar-refractivity contribution in [3.05, 3.63) is 33.0 Å². The SMILES string of the molecule is Fc1c(Br)ccc(Cl)c1C(F)(F)F. The second kappa shape index (κ2) is 3.46. The average Bonchev–Trinajstić information content (AvgIpc) is 1.95. The topological polar surface area (TPSA) is 0 Å². The first-order chi connectivity index (χ1) is 5.84. The molecule has 13 heavy (non-hydrogen) atoms. The highest BCUT2D eigenvalue weighted by molar-refractivity contribution is 9.10. The van der Waals surface area contributed by atoms with Gasteiger partial charge in [0.25, 0.3) is 0 Å². The summed E-state index contributed by atoms with van der Waals surface area (Å²) in [6.45, 7) is 0. The molecule has 0 bridgehead atoms. The molecule has 0 radical (unpaired) electrons. The summed E-state index contributed by atoms with van der Waals surface area (Å²) in [5.41, 5.74) is -1.44. The quantitative estimate of drug-likeness (QED) is 0.491. The molecule has 0 aliphatic heterocycles. The lowest BCUT2D eigenvalue weighted by Gasteiger charge is -2.10. The van der Waals surface area contributed by atoms with E-state index in [-0.39, 0.29) is 4.47 Å². The van der Waals surface area contributed by atoms with Crippen molar-refractivity contribution in [1.29, 1.82) is 0 Å². The van der Waals surface area contributed by atoms with Crippen LogP contribution in [-0.4, -0.2) is 0 Å². The van der Waals surface area contributed by atoms with Gasteiger partial charge in [-0.1, -0.05) is 11.6 Å². The number of rotatable bonds is 0. The van der Waals surface area contributed by atoms with Crippen molar-refractivity contribution in [2.24, 2.45) is 0 Å². The molecular weight excluding hydrogens is 275 g/mol. The predicted octanol–water partition coefficient (Wildman–Crippen LogP) is 4.26. The third-order valence-electron chi connectivity index (χ3n) is 1.33. The van der Waals surface area contributed by atoms with Gasteiger partial charge in [0, 0.05) is 0 Å². The fraction of sp³-hybridized carbons (Fsp3) is 0.143. The summed E-state index contributed by atoms with van der Waals surface area (Å²) < 4.78 is 49.1. The Morgan fingerprint density at radius 2 is 1.77 bits per heavy atom. The fourth-order valence-electron chi connectivity index (χ4n) is 0.787. The van der Waals surface area contributed by atoms with Crippen molar-refractivity contribution in [3.63, 3.8) is 0 Å². The van der Waals surface area contributed by atoms with Crippen LogP contribution < -0.4 is 0 Å². The largest absolute Gasteiger partial charge is 0.420 e. The Morgan fingerprint density at radius 1 is 1.23 bits per heavy atom. The molecule has 0 aliphatic rings. The third-order valence-corrected chi connectivity index (χ3v) is 2.25. The van der Waals surface area contributed by atoms with E-state index in [4.69, 9.17) is 11.6 Å². The highest BCUT2D eigenvalue weighted by Gasteiger charge is 2.37. The minimum absolute atomic E-state index is 0.260. The van der Waals surface area contributed by atoms with Gasteiger partial charge in [-0.2, -0.15) is 13.2 Å². The van der Waals surface area contributed by atoms with Crippen LogP contribution in [0.3, 0.4) is 0 Å². The number of hydrogen-bond acceptors (Lipinski definition) is 0. The van der Waals surface area contributed by atoms with Crippen LogP contribution in [0.1, 0.15) is 5.56 Å². The molecule has 1 aromatic carbocycles. The molecule has 6 heteroatoms. The van der Waals surface area contributed by atoms with Crippen LogP contribution in [0.5, 0.6) is 0 Å². The van der Waals surface area contributed by atoms with E-state index in [1.165, 1.54) is 0 Å². The number of alkyl halides is 3. The van der Waals surface area contributed by atoms with Crippen LogP contribution in [-0.2, 0) is 6.18 Å². The van der Waals surface area contributed by atoms with Crippen LogP contribution in [0.4, 0.5) is 17.6 Å². The zero-order chi connectivity index (χ0) is 10.2. The molecule has 0 aromatic heterocycles. The van der Waals surface area contributed by atoms with E-state index in [0.29, 0.717) is 0 Å². The molecule has 0 N–H and O–H groups in total. The molecule has 0 atom stereocenters. The highest BCUT2D eigenvalue weighted by atomic mass is 79.9. The summed E-state index contributed by atoms with van der Waals surface area (Å²) in [6, 6.07) is 2.10. The van der Waals surface area contributed by atoms with Gasteiger partial charge in [0.2, 0.25) is 0 Å². The van der Waals surface area contributed by atoms with E-state index in [2.05, 4.69) is 15.9 Å². The molecule has 72 valence electrons. The first-order valence-corrected chi connectivity index (χ1v) is 4.22. The molecule has 1 aromatic rings. The van der Waals surface area contributed by atoms with E-state index in [1.54, 1.807) is 0 Å². The molecule has 0 aliphatic carbocycles. The van der Waals surface area contributed by atoms with Crippen LogP contribution >= 0.6 is 27.5 Å². The summed E-state index contributed by atoms with van der Waals surface area (Å²) in [5.74, 6) is -1.39. The predicted molar refractivity (Wildman–Crippen MR) is 44.1 cm³/mol. The average molecular weight is 277 g/mol. The van der Waals surface area contributed by atoms with Crippen LogP contribution in [0, 0.1) is 5.82 Å². The maximum Gasteiger partial charge on any atom is 0.420 e. The van der Waals surface area contributed by atoms with Crippen molar-refractivity contribution in [3.8, 4) is 0 Å². The normalized spacial score (nSPS) is 11.8. The smallest absolute Gasteiger partial charge is 0.205 e. The molecule has 0 amide bonds. The second-order valence-electron chi connectivity index (χ2n) is 2.22. The fourth-order valence-corrected chi connectivity index (χ4v) is 1.37. The van der Waals surface area contributed by atoms with Gasteiger partial charge in [-0.15, -0.1) is 0 Å². The van der Waals surface area contributed by atoms with Gasteiger partial charge >= 0.3 is 6.18 Å². The Morgan fingerprint density at radius 3 is 2.15 bits per heavy atom. The number of halogens is 6. The van der Waals surface area contributed by atoms with Gasteiger partial charge in [-0.25, -0.2) is 4.39 Å². The molecule has 0 saturated heterocycles. The van der Waals surface area contributed by atoms with Crippen molar-refractivity contribution in [1.82, 2.24) is 0 Å². The molecular formula is C7H2BrClF4. The maximum atomic E-state index is 12.9. The van der Waals surface area contributed by atoms with Gasteiger partial charge in [0.1, 0.15) is 5.56 Å². The van der Waals surface area contributed by atoms with Crippen molar-refractivity contribution in [2.75, 3.05) is 0 Å². The Balaban J connectivity index is 3.43. The van der Waals surface area contributed by atoms with Crippen LogP contribution in [0.25, 0.3) is 0 Å². The zero-order valence-corrected chi connectivity index (χ0v) is 8.26. The molecule has 0 spiro atoms. The minimum Gasteiger partial charge on any atom is -0.205 e. The molecule has 0 fully saturated rings. The maximum absolute atomic E-state index is 12.9. The molecule has 0 unspecified atom stereocenters. The lowest BCUT2D eigenvalue weighted by molar-refractivity contribution is -0.139. The summed E-state index contributed by atoms with van der Waals surface area (Å²) in [5, 5.41) is -0.645. The lowest BCUT2D eigenvalue weighted by atomic mass is 10.2. The van der Waals surface area contributed by atoms with Crippen molar-refractivity contribution >= 4 is 27.5 Å². The van der Waals surface area contributed by atoms with Gasteiger partial charge in [-0.3, -0.25) is 0 Å². The summed E-state index contributed by atoms with van der Waals surface area (Å²) in [4.78, 5) is 0. The Kier molecular flexibility index (Phi) is 2.87. The standard InChI is InChI=1S/C7H2BrClF4/c8-3-1-2-4(9)5(6(3)10)7(11,12)13/h1-2H. The first-order valence-electron chi connectivity index (χ1n) is 3.04. The molecule has 0 nitrogen and oxygen atoms in total. The van der Waals surface area contributed by atoms with E-state index in [1.807, 2.05) is 0 Å². The number of benzene rings is 1. The van der Waals surface area contributed by atoms with Crippen LogP contribution in [0.2, 0.25) is 5.02 Å². The molecule has 0 saturated carbocycles. The first kappa shape index (κ1) is 10.8. The summed E-state index contributed by atoms with van der Waals surface area (Å²) in [7, 11) is 0. The van der Waals surface area contributed by atoms with Gasteiger partial charge < -0.3 is 0 Å². The van der Waals surface area contributed by atoms with Gasteiger partial charge in [0.15, 0.2) is 5.82 Å². The second-order valence-corrected chi connectivity index (χ2v) is 3.48. The zero-order valence-electron chi connectivity index (χ0n) is 5.92. The number of hydrogen-bond donors (Lipinski definition) is 0. The third kappa shape index (κ3) is 2.14. The van der Waals surface area contributed by atoms with Crippen molar-refractivity contribution < 1.29 is 17.6 Å². The van der Waals surface area contributed by atoms with Crippen LogP contribution in [0.15, 0.2) is 16.6 Å². The Bertz CT molecular complexity index is 334. The van der Waals surface area contributed by atoms with E-state index in [0.717, 1.165) is 12.1 Å². The monoisotopic (exact) mass is 276 g/mol. The lowest BCUT2D eigenvalue weighted by Crippen LogP contribution is -2.09. The Hall–Kier alpha value is -0.290. The van der Waals surface area contributed by atoms with E-state index < -0.39 is 22.6 Å².